The molecule has 2 saturated carbocycles. The van der Waals surface area contributed by atoms with Crippen LogP contribution < -0.4 is 21.6 Å². The first-order valence-electron chi connectivity index (χ1n) is 14.9. The molecule has 0 spiro atoms. The lowest BCUT2D eigenvalue weighted by Crippen LogP contribution is -2.48. The molecule has 45 heavy (non-hydrogen) atoms. The van der Waals surface area contributed by atoms with Crippen molar-refractivity contribution >= 4 is 28.0 Å². The zero-order chi connectivity index (χ0) is 32.9. The summed E-state index contributed by atoms with van der Waals surface area (Å²) in [5.74, 6) is -0.330. The summed E-state index contributed by atoms with van der Waals surface area (Å²) in [6.45, 7) is 16.8. The number of benzene rings is 1. The summed E-state index contributed by atoms with van der Waals surface area (Å²) in [6, 6.07) is 7.04. The summed E-state index contributed by atoms with van der Waals surface area (Å²) < 4.78 is 41.9. The van der Waals surface area contributed by atoms with E-state index in [0.29, 0.717) is 64.4 Å². The molecule has 0 unspecified atom stereocenters. The Morgan fingerprint density at radius 3 is 2.42 bits per heavy atom. The fraction of sp³-hybridized carbons (Fsp3) is 0.455. The van der Waals surface area contributed by atoms with Gasteiger partial charge in [-0.3, -0.25) is 9.99 Å². The van der Waals surface area contributed by atoms with Gasteiger partial charge in [0.2, 0.25) is 5.95 Å². The van der Waals surface area contributed by atoms with Gasteiger partial charge in [-0.1, -0.05) is 34.3 Å². The summed E-state index contributed by atoms with van der Waals surface area (Å²) in [5, 5.41) is 28.8. The van der Waals surface area contributed by atoms with E-state index in [4.69, 9.17) is 0 Å². The number of allylic oxidation sites excluding steroid dienone is 1. The molecule has 12 heteroatoms. The molecule has 0 amide bonds. The van der Waals surface area contributed by atoms with E-state index in [1.165, 1.54) is 24.2 Å². The first-order chi connectivity index (χ1) is 21.2. The van der Waals surface area contributed by atoms with Crippen molar-refractivity contribution in [3.63, 3.8) is 0 Å². The highest BCUT2D eigenvalue weighted by atomic mass is 19.3. The molecule has 4 N–H and O–H groups in total. The second-order valence-corrected chi connectivity index (χ2v) is 13.1. The molecule has 0 bridgehead atoms. The van der Waals surface area contributed by atoms with Gasteiger partial charge in [0.15, 0.2) is 0 Å². The van der Waals surface area contributed by atoms with E-state index in [1.54, 1.807) is 25.3 Å². The fourth-order valence-corrected chi connectivity index (χ4v) is 6.23. The highest BCUT2D eigenvalue weighted by Crippen LogP contribution is 2.68. The van der Waals surface area contributed by atoms with Crippen LogP contribution in [0.25, 0.3) is 10.9 Å². The van der Waals surface area contributed by atoms with Crippen LogP contribution in [0.2, 0.25) is 0 Å². The minimum atomic E-state index is -2.57. The van der Waals surface area contributed by atoms with Crippen molar-refractivity contribution in [2.45, 2.75) is 72.4 Å². The smallest absolute Gasteiger partial charge is 0.262 e. The molecule has 1 aromatic heterocycles. The number of aromatic nitrogens is 1. The van der Waals surface area contributed by atoms with Crippen LogP contribution >= 0.6 is 0 Å². The van der Waals surface area contributed by atoms with Crippen LogP contribution in [-0.2, 0) is 0 Å². The Balaban J connectivity index is 1.56. The molecule has 2 aliphatic carbocycles. The molecule has 1 aliphatic heterocycles. The van der Waals surface area contributed by atoms with Crippen molar-refractivity contribution < 1.29 is 13.2 Å². The number of fused-ring (bicyclic) bond motifs is 1. The number of nitrogens with zero attached hydrogens (tertiary/aromatic N) is 5. The van der Waals surface area contributed by atoms with E-state index in [0.717, 1.165) is 0 Å². The Kier molecular flexibility index (Phi) is 8.09. The lowest BCUT2D eigenvalue weighted by molar-refractivity contribution is 0.00912. The maximum absolute atomic E-state index is 14.1. The molecule has 5 rings (SSSR count). The Bertz CT molecular complexity index is 1710. The van der Waals surface area contributed by atoms with Crippen molar-refractivity contribution in [3.8, 4) is 12.1 Å². The molecule has 2 aromatic rings. The maximum Gasteiger partial charge on any atom is 0.262 e. The summed E-state index contributed by atoms with van der Waals surface area (Å²) in [7, 11) is 0. The Hall–Kier alpha value is -4.55. The van der Waals surface area contributed by atoms with Crippen molar-refractivity contribution in [1.82, 2.24) is 21.0 Å². The van der Waals surface area contributed by atoms with Gasteiger partial charge in [-0.25, -0.2) is 13.8 Å². The third kappa shape index (κ3) is 5.48. The van der Waals surface area contributed by atoms with Crippen molar-refractivity contribution in [2.24, 2.45) is 21.7 Å². The highest BCUT2D eigenvalue weighted by Gasteiger charge is 2.64. The average molecular weight is 618 g/mol. The second kappa shape index (κ2) is 11.4. The summed E-state index contributed by atoms with van der Waals surface area (Å²) >= 11 is 0. The number of hydrazine groups is 2. The first kappa shape index (κ1) is 31.9. The van der Waals surface area contributed by atoms with Crippen LogP contribution in [0, 0.1) is 39.4 Å². The molecule has 1 aromatic carbocycles. The molecule has 236 valence electrons. The Morgan fingerprint density at radius 1 is 1.20 bits per heavy atom. The number of halogens is 3. The average Bonchev–Trinajstić information content (AvgIpc) is 3.79. The van der Waals surface area contributed by atoms with Gasteiger partial charge in [0.25, 0.3) is 6.43 Å². The van der Waals surface area contributed by atoms with Gasteiger partial charge in [-0.05, 0) is 67.2 Å². The highest BCUT2D eigenvalue weighted by molar-refractivity contribution is 6.01. The molecule has 0 saturated heterocycles. The van der Waals surface area contributed by atoms with E-state index >= 15 is 0 Å². The summed E-state index contributed by atoms with van der Waals surface area (Å²) in [4.78, 5) is 8.42. The topological polar surface area (TPSA) is 124 Å². The SMILES string of the molecule is C=C(/C(C)=N\C(F)=C/C)[C@H](Nc1cc(C#N)c2ncc(C#N)c(NCC3C(C)(C)C3(C)C)c2c1)C1=CN(C2(C(F)F)CC2)NN1. The number of aliphatic imine (C=N–C) groups is 1. The Labute approximate surface area is 261 Å². The van der Waals surface area contributed by atoms with Gasteiger partial charge >= 0.3 is 0 Å². The monoisotopic (exact) mass is 617 g/mol. The van der Waals surface area contributed by atoms with Gasteiger partial charge in [0.1, 0.15) is 17.7 Å². The molecule has 0 radical (unpaired) electrons. The zero-order valence-electron chi connectivity index (χ0n) is 26.3. The van der Waals surface area contributed by atoms with Gasteiger partial charge in [-0.2, -0.15) is 14.9 Å². The minimum Gasteiger partial charge on any atom is -0.383 e. The van der Waals surface area contributed by atoms with Crippen LogP contribution in [0.5, 0.6) is 0 Å². The number of nitrogens with one attached hydrogen (secondary N) is 4. The van der Waals surface area contributed by atoms with Crippen molar-refractivity contribution in [1.29, 1.82) is 10.5 Å². The van der Waals surface area contributed by atoms with Crippen LogP contribution in [0.3, 0.4) is 0 Å². The van der Waals surface area contributed by atoms with Crippen LogP contribution in [-0.4, -0.2) is 40.3 Å². The maximum atomic E-state index is 14.1. The number of pyridine rings is 1. The number of hydrogen-bond acceptors (Lipinski definition) is 9. The van der Waals surface area contributed by atoms with Gasteiger partial charge in [-0.15, -0.1) is 5.53 Å². The lowest BCUT2D eigenvalue weighted by Gasteiger charge is -2.25. The summed E-state index contributed by atoms with van der Waals surface area (Å²) in [6.07, 6.45) is 2.31. The summed E-state index contributed by atoms with van der Waals surface area (Å²) in [5.41, 5.74) is 7.90. The number of alkyl halides is 2. The quantitative estimate of drug-likeness (QED) is 0.163. The lowest BCUT2D eigenvalue weighted by atomic mass is 10.00. The van der Waals surface area contributed by atoms with Crippen LogP contribution in [0.4, 0.5) is 24.5 Å². The van der Waals surface area contributed by atoms with Gasteiger partial charge in [0, 0.05) is 35.7 Å². The predicted molar refractivity (Wildman–Crippen MR) is 169 cm³/mol. The van der Waals surface area contributed by atoms with E-state index in [1.807, 2.05) is 0 Å². The normalized spacial score (nSPS) is 20.6. The molecule has 1 atom stereocenters. The minimum absolute atomic E-state index is 0.118. The van der Waals surface area contributed by atoms with Crippen LogP contribution in [0.15, 0.2) is 59.4 Å². The van der Waals surface area contributed by atoms with E-state index in [9.17, 15) is 23.7 Å². The second-order valence-electron chi connectivity index (χ2n) is 13.1. The van der Waals surface area contributed by atoms with Crippen LogP contribution in [0.1, 0.15) is 65.5 Å². The molecule has 2 fully saturated rings. The fourth-order valence-electron chi connectivity index (χ4n) is 6.23. The molecular formula is C33H38F3N9. The van der Waals surface area contributed by atoms with Gasteiger partial charge < -0.3 is 16.1 Å². The van der Waals surface area contributed by atoms with E-state index in [-0.39, 0.29) is 22.1 Å². The van der Waals surface area contributed by atoms with Crippen molar-refractivity contribution in [2.75, 3.05) is 17.2 Å². The first-order valence-corrected chi connectivity index (χ1v) is 14.9. The number of nitriles is 2. The standard InChI is InChI=1S/C33H38F3N9/c1-8-26(34)41-19(3)18(2)27(24-17-45(44-43-24)33(9-10-33)30(35)36)42-22-11-20(13-37)28-23(12-22)29(21(14-38)15-39-28)40-16-25-31(4,5)32(25,6)7/h8,11-12,15,17,25,27,30,42-44H,2,9-10,16H2,1,3-7H3,(H,39,40)/b26-8-,41-19-/t27-/m0/s1. The van der Waals surface area contributed by atoms with Crippen molar-refractivity contribution in [3.05, 3.63) is 65.5 Å². The molecule has 9 nitrogen and oxygen atoms in total. The zero-order valence-corrected chi connectivity index (χ0v) is 26.3. The molecular weight excluding hydrogens is 579 g/mol. The third-order valence-corrected chi connectivity index (χ3v) is 10.2. The van der Waals surface area contributed by atoms with E-state index < -0.39 is 24.0 Å². The molecule has 3 aliphatic rings. The van der Waals surface area contributed by atoms with E-state index in [2.05, 4.69) is 78.0 Å². The molecule has 2 heterocycles. The Morgan fingerprint density at radius 2 is 1.87 bits per heavy atom. The number of rotatable bonds is 11. The third-order valence-electron chi connectivity index (χ3n) is 10.2. The van der Waals surface area contributed by atoms with Gasteiger partial charge in [0.05, 0.1) is 34.1 Å². The number of hydrogen-bond donors (Lipinski definition) is 4. The number of anilines is 2. The largest absolute Gasteiger partial charge is 0.383 e. The predicted octanol–water partition coefficient (Wildman–Crippen LogP) is 6.66.